The Morgan fingerprint density at radius 1 is 1.47 bits per heavy atom. The van der Waals surface area contributed by atoms with Crippen molar-refractivity contribution in [1.29, 1.82) is 0 Å². The molecule has 3 nitrogen and oxygen atoms in total. The first-order valence-electron chi connectivity index (χ1n) is 4.54. The highest BCUT2D eigenvalue weighted by molar-refractivity contribution is 6.29. The van der Waals surface area contributed by atoms with Crippen LogP contribution in [-0.4, -0.2) is 18.1 Å². The zero-order valence-corrected chi connectivity index (χ0v) is 9.52. The van der Waals surface area contributed by atoms with Crippen LogP contribution >= 0.6 is 11.6 Å². The minimum atomic E-state index is -4.73. The van der Waals surface area contributed by atoms with Crippen LogP contribution in [0.5, 0.6) is 5.75 Å². The molecule has 1 N–H and O–H groups in total. The van der Waals surface area contributed by atoms with E-state index in [1.54, 1.807) is 6.92 Å². The number of carbonyl (C=O) groups is 1. The van der Waals surface area contributed by atoms with E-state index in [0.29, 0.717) is 11.3 Å². The number of halogens is 4. The quantitative estimate of drug-likeness (QED) is 0.855. The van der Waals surface area contributed by atoms with Gasteiger partial charge in [0.15, 0.2) is 0 Å². The number of hydrogen-bond acceptors (Lipinski definition) is 2. The number of benzene rings is 1. The summed E-state index contributed by atoms with van der Waals surface area (Å²) in [4.78, 5) is 11.0. The summed E-state index contributed by atoms with van der Waals surface area (Å²) in [5.41, 5.74) is 0.843. The molecule has 0 bridgehead atoms. The first-order chi connectivity index (χ1) is 7.81. The van der Waals surface area contributed by atoms with Gasteiger partial charge in [-0.3, -0.25) is 4.79 Å². The zero-order chi connectivity index (χ0) is 13.1. The van der Waals surface area contributed by atoms with Gasteiger partial charge in [0, 0.05) is 5.69 Å². The number of ether oxygens (including phenoxy) is 1. The van der Waals surface area contributed by atoms with Crippen molar-refractivity contribution in [1.82, 2.24) is 0 Å². The number of aryl methyl sites for hydroxylation is 1. The van der Waals surface area contributed by atoms with Crippen molar-refractivity contribution >= 4 is 23.2 Å². The number of nitrogens with one attached hydrogen (secondary N) is 1. The van der Waals surface area contributed by atoms with E-state index in [9.17, 15) is 18.0 Å². The molecule has 7 heteroatoms. The van der Waals surface area contributed by atoms with Crippen molar-refractivity contribution in [2.75, 3.05) is 11.2 Å². The first-order valence-corrected chi connectivity index (χ1v) is 5.07. The predicted molar refractivity (Wildman–Crippen MR) is 57.2 cm³/mol. The Morgan fingerprint density at radius 2 is 2.12 bits per heavy atom. The Labute approximate surface area is 101 Å². The van der Waals surface area contributed by atoms with Crippen molar-refractivity contribution in [2.45, 2.75) is 13.3 Å². The lowest BCUT2D eigenvalue weighted by Gasteiger charge is -2.12. The third-order valence-electron chi connectivity index (χ3n) is 1.83. The number of hydrogen-bond donors (Lipinski definition) is 1. The fourth-order valence-electron chi connectivity index (χ4n) is 1.16. The highest BCUT2D eigenvalue weighted by atomic mass is 35.5. The maximum absolute atomic E-state index is 11.9. The molecule has 0 saturated heterocycles. The van der Waals surface area contributed by atoms with Gasteiger partial charge in [0.2, 0.25) is 5.91 Å². The maximum atomic E-state index is 11.9. The van der Waals surface area contributed by atoms with Gasteiger partial charge >= 0.3 is 6.36 Å². The van der Waals surface area contributed by atoms with Gasteiger partial charge in [-0.05, 0) is 30.7 Å². The van der Waals surface area contributed by atoms with E-state index in [4.69, 9.17) is 11.6 Å². The van der Waals surface area contributed by atoms with E-state index in [1.165, 1.54) is 12.1 Å². The van der Waals surface area contributed by atoms with Crippen molar-refractivity contribution in [3.63, 3.8) is 0 Å². The molecule has 0 saturated carbocycles. The first kappa shape index (κ1) is 13.6. The minimum Gasteiger partial charge on any atom is -0.406 e. The summed E-state index contributed by atoms with van der Waals surface area (Å²) < 4.78 is 39.5. The van der Waals surface area contributed by atoms with Crippen molar-refractivity contribution in [3.8, 4) is 5.75 Å². The van der Waals surface area contributed by atoms with E-state index in [2.05, 4.69) is 10.1 Å². The van der Waals surface area contributed by atoms with E-state index in [-0.39, 0.29) is 11.6 Å². The van der Waals surface area contributed by atoms with Crippen LogP contribution in [0.1, 0.15) is 5.56 Å². The van der Waals surface area contributed by atoms with Gasteiger partial charge in [0.25, 0.3) is 0 Å². The van der Waals surface area contributed by atoms with Gasteiger partial charge in [0.05, 0.1) is 0 Å². The molecule has 0 aliphatic rings. The van der Waals surface area contributed by atoms with Gasteiger partial charge < -0.3 is 10.1 Å². The normalized spacial score (nSPS) is 11.1. The average molecular weight is 268 g/mol. The lowest BCUT2D eigenvalue weighted by molar-refractivity contribution is -0.274. The van der Waals surface area contributed by atoms with E-state index in [1.807, 2.05) is 0 Å². The van der Waals surface area contributed by atoms with Crippen molar-refractivity contribution in [2.24, 2.45) is 0 Å². The molecule has 0 aromatic heterocycles. The number of rotatable bonds is 3. The molecule has 1 aromatic rings. The number of alkyl halides is 4. The van der Waals surface area contributed by atoms with E-state index >= 15 is 0 Å². The molecule has 0 heterocycles. The Kier molecular flexibility index (Phi) is 4.22. The SMILES string of the molecule is Cc1cc(OC(F)(F)F)ccc1NC(=O)CCl. The van der Waals surface area contributed by atoms with Crippen molar-refractivity contribution < 1.29 is 22.7 Å². The lowest BCUT2D eigenvalue weighted by atomic mass is 10.2. The molecule has 17 heavy (non-hydrogen) atoms. The second-order valence-corrected chi connectivity index (χ2v) is 3.47. The van der Waals surface area contributed by atoms with Crippen LogP contribution in [-0.2, 0) is 4.79 Å². The summed E-state index contributed by atoms with van der Waals surface area (Å²) in [5.74, 6) is -0.988. The molecule has 0 aliphatic heterocycles. The fraction of sp³-hybridized carbons (Fsp3) is 0.300. The summed E-state index contributed by atoms with van der Waals surface area (Å²) >= 11 is 5.29. The van der Waals surface area contributed by atoms with Crippen LogP contribution in [0.4, 0.5) is 18.9 Å². The van der Waals surface area contributed by atoms with Gasteiger partial charge in [0.1, 0.15) is 11.6 Å². The molecule has 0 spiro atoms. The second kappa shape index (κ2) is 5.27. The maximum Gasteiger partial charge on any atom is 0.573 e. The fourth-order valence-corrected chi connectivity index (χ4v) is 1.22. The summed E-state index contributed by atoms with van der Waals surface area (Å²) in [6.07, 6.45) is -4.73. The monoisotopic (exact) mass is 267 g/mol. The molecular formula is C10H9ClF3NO2. The molecule has 94 valence electrons. The molecular weight excluding hydrogens is 259 g/mol. The Bertz CT molecular complexity index is 421. The molecule has 0 aliphatic carbocycles. The topological polar surface area (TPSA) is 38.3 Å². The summed E-state index contributed by atoms with van der Waals surface area (Å²) in [6, 6.07) is 3.61. The average Bonchev–Trinajstić information content (AvgIpc) is 2.19. The van der Waals surface area contributed by atoms with Crippen LogP contribution < -0.4 is 10.1 Å². The van der Waals surface area contributed by atoms with Crippen LogP contribution in [0, 0.1) is 6.92 Å². The Morgan fingerprint density at radius 3 is 2.59 bits per heavy atom. The van der Waals surface area contributed by atoms with E-state index < -0.39 is 12.3 Å². The lowest BCUT2D eigenvalue weighted by Crippen LogP contribution is -2.17. The van der Waals surface area contributed by atoms with E-state index in [0.717, 1.165) is 6.07 Å². The highest BCUT2D eigenvalue weighted by Gasteiger charge is 2.31. The molecule has 0 unspecified atom stereocenters. The number of anilines is 1. The summed E-state index contributed by atoms with van der Waals surface area (Å²) in [7, 11) is 0. The minimum absolute atomic E-state index is 0.222. The third kappa shape index (κ3) is 4.52. The second-order valence-electron chi connectivity index (χ2n) is 3.21. The molecule has 1 rings (SSSR count). The van der Waals surface area contributed by atoms with Crippen molar-refractivity contribution in [3.05, 3.63) is 23.8 Å². The number of carbonyl (C=O) groups excluding carboxylic acids is 1. The molecule has 0 fully saturated rings. The standard InChI is InChI=1S/C10H9ClF3NO2/c1-6-4-7(17-10(12,13)14)2-3-8(6)15-9(16)5-11/h2-4H,5H2,1H3,(H,15,16). The molecule has 1 aromatic carbocycles. The number of amides is 1. The zero-order valence-electron chi connectivity index (χ0n) is 8.77. The molecule has 1 amide bonds. The van der Waals surface area contributed by atoms with Crippen LogP contribution in [0.15, 0.2) is 18.2 Å². The van der Waals surface area contributed by atoms with Crippen LogP contribution in [0.25, 0.3) is 0 Å². The smallest absolute Gasteiger partial charge is 0.406 e. The highest BCUT2D eigenvalue weighted by Crippen LogP contribution is 2.26. The Hall–Kier alpha value is -1.43. The van der Waals surface area contributed by atoms with Gasteiger partial charge in [-0.2, -0.15) is 0 Å². The largest absolute Gasteiger partial charge is 0.573 e. The molecule has 0 radical (unpaired) electrons. The third-order valence-corrected chi connectivity index (χ3v) is 2.07. The summed E-state index contributed by atoms with van der Waals surface area (Å²) in [5, 5.41) is 2.44. The Balaban J connectivity index is 2.83. The summed E-state index contributed by atoms with van der Waals surface area (Å²) in [6.45, 7) is 1.55. The van der Waals surface area contributed by atoms with Crippen LogP contribution in [0.3, 0.4) is 0 Å². The molecule has 0 atom stereocenters. The predicted octanol–water partition coefficient (Wildman–Crippen LogP) is 3.07. The van der Waals surface area contributed by atoms with Gasteiger partial charge in [-0.25, -0.2) is 0 Å². The van der Waals surface area contributed by atoms with Gasteiger partial charge in [-0.15, -0.1) is 24.8 Å². The van der Waals surface area contributed by atoms with Crippen LogP contribution in [0.2, 0.25) is 0 Å². The van der Waals surface area contributed by atoms with Gasteiger partial charge in [-0.1, -0.05) is 0 Å².